The molecule has 0 bridgehead atoms. The second kappa shape index (κ2) is 12.6. The van der Waals surface area contributed by atoms with E-state index in [1.807, 2.05) is 60.0 Å². The summed E-state index contributed by atoms with van der Waals surface area (Å²) in [5, 5.41) is 16.6. The van der Waals surface area contributed by atoms with Crippen LogP contribution in [0.1, 0.15) is 16.9 Å². The lowest BCUT2D eigenvalue weighted by molar-refractivity contribution is -0.134. The minimum atomic E-state index is -1.67. The predicted octanol–water partition coefficient (Wildman–Crippen LogP) is 0.892. The van der Waals surface area contributed by atoms with Crippen molar-refractivity contribution in [1.82, 2.24) is 10.6 Å². The number of benzene rings is 2. The number of carbonyl (C=O) groups is 4. The van der Waals surface area contributed by atoms with Crippen molar-refractivity contribution in [2.75, 3.05) is 0 Å². The highest BCUT2D eigenvalue weighted by molar-refractivity contribution is 7.09. The van der Waals surface area contributed by atoms with Gasteiger partial charge >= 0.3 is 0 Å². The molecule has 188 valence electrons. The van der Waals surface area contributed by atoms with Crippen LogP contribution >= 0.6 is 11.3 Å². The molecule has 4 amide bonds. The second-order valence-electron chi connectivity index (χ2n) is 8.26. The fraction of sp³-hybridized carbons (Fsp3) is 0.231. The highest BCUT2D eigenvalue weighted by Gasteiger charge is 2.27. The van der Waals surface area contributed by atoms with E-state index in [1.54, 1.807) is 12.1 Å². The largest absolute Gasteiger partial charge is 0.383 e. The Labute approximate surface area is 212 Å². The molecule has 1 aromatic heterocycles. The van der Waals surface area contributed by atoms with Crippen LogP contribution in [-0.2, 0) is 32.0 Å². The zero-order chi connectivity index (χ0) is 26.1. The smallest absolute Gasteiger partial charge is 0.246 e. The first kappa shape index (κ1) is 26.6. The quantitative estimate of drug-likeness (QED) is 0.245. The Morgan fingerprint density at radius 2 is 1.44 bits per heavy atom. The van der Waals surface area contributed by atoms with E-state index < -0.39 is 48.2 Å². The van der Waals surface area contributed by atoms with Crippen molar-refractivity contribution in [1.29, 1.82) is 0 Å². The molecule has 1 heterocycles. The van der Waals surface area contributed by atoms with Crippen molar-refractivity contribution < 1.29 is 24.3 Å². The number of primary amides is 2. The van der Waals surface area contributed by atoms with Crippen LogP contribution in [0.4, 0.5) is 0 Å². The SMILES string of the molecule is NC(=O)[C@H](O)CC(=O)NC(Cc1cccs1)C(=O)N[C@@H](Cc1ccc(-c2ccccc2)cc1)C(N)=O. The molecule has 3 aromatic rings. The minimum absolute atomic E-state index is 0.152. The number of nitrogens with two attached hydrogens (primary N) is 2. The summed E-state index contributed by atoms with van der Waals surface area (Å²) in [5.74, 6) is -3.11. The monoisotopic (exact) mass is 508 g/mol. The van der Waals surface area contributed by atoms with Crippen molar-refractivity contribution in [2.45, 2.75) is 37.5 Å². The topological polar surface area (TPSA) is 165 Å². The Hall–Kier alpha value is -4.02. The standard InChI is InChI=1S/C26H28N4O5S/c27-24(33)20(13-16-8-10-18(11-9-16)17-5-2-1-3-6-17)30-26(35)21(14-19-7-4-12-36-19)29-23(32)15-22(31)25(28)34/h1-12,20-22,31H,13-15H2,(H2,27,33)(H2,28,34)(H,29,32)(H,30,35)/t20-,21?,22+/m0/s1. The molecule has 3 atom stereocenters. The van der Waals surface area contributed by atoms with E-state index in [0.717, 1.165) is 21.6 Å². The lowest BCUT2D eigenvalue weighted by Gasteiger charge is -2.22. The van der Waals surface area contributed by atoms with Gasteiger partial charge in [0, 0.05) is 17.7 Å². The minimum Gasteiger partial charge on any atom is -0.383 e. The molecule has 0 aliphatic rings. The highest BCUT2D eigenvalue weighted by atomic mass is 32.1. The van der Waals surface area contributed by atoms with Crippen LogP contribution in [0.3, 0.4) is 0 Å². The number of hydrogen-bond acceptors (Lipinski definition) is 6. The van der Waals surface area contributed by atoms with E-state index in [1.165, 1.54) is 11.3 Å². The Morgan fingerprint density at radius 1 is 0.778 bits per heavy atom. The van der Waals surface area contributed by atoms with Gasteiger partial charge in [0.2, 0.25) is 23.6 Å². The van der Waals surface area contributed by atoms with Crippen LogP contribution in [0.25, 0.3) is 11.1 Å². The number of rotatable bonds is 12. The summed E-state index contributed by atoms with van der Waals surface area (Å²) in [6, 6.07) is 18.9. The highest BCUT2D eigenvalue weighted by Crippen LogP contribution is 2.20. The first-order chi connectivity index (χ1) is 17.2. The maximum Gasteiger partial charge on any atom is 0.246 e. The first-order valence-corrected chi connectivity index (χ1v) is 12.1. The average Bonchev–Trinajstić information content (AvgIpc) is 3.37. The molecule has 0 aliphatic carbocycles. The van der Waals surface area contributed by atoms with Gasteiger partial charge in [-0.25, -0.2) is 0 Å². The van der Waals surface area contributed by atoms with Gasteiger partial charge in [-0.05, 0) is 28.1 Å². The molecule has 9 nitrogen and oxygen atoms in total. The summed E-state index contributed by atoms with van der Waals surface area (Å²) in [7, 11) is 0. The van der Waals surface area contributed by atoms with Crippen LogP contribution in [-0.4, -0.2) is 46.9 Å². The molecule has 0 aliphatic heterocycles. The van der Waals surface area contributed by atoms with Gasteiger partial charge in [0.1, 0.15) is 18.2 Å². The molecule has 3 rings (SSSR count). The van der Waals surface area contributed by atoms with E-state index in [9.17, 15) is 24.3 Å². The second-order valence-corrected chi connectivity index (χ2v) is 9.29. The van der Waals surface area contributed by atoms with E-state index in [-0.39, 0.29) is 12.8 Å². The van der Waals surface area contributed by atoms with E-state index in [4.69, 9.17) is 11.5 Å². The molecule has 0 spiro atoms. The third-order valence-corrected chi connectivity index (χ3v) is 6.40. The van der Waals surface area contributed by atoms with Crippen molar-refractivity contribution in [3.8, 4) is 11.1 Å². The molecular formula is C26H28N4O5S. The van der Waals surface area contributed by atoms with Gasteiger partial charge in [-0.1, -0.05) is 60.7 Å². The maximum atomic E-state index is 13.1. The van der Waals surface area contributed by atoms with Gasteiger partial charge in [-0.3, -0.25) is 19.2 Å². The predicted molar refractivity (Wildman–Crippen MR) is 136 cm³/mol. The van der Waals surface area contributed by atoms with Gasteiger partial charge in [0.05, 0.1) is 6.42 Å². The van der Waals surface area contributed by atoms with Crippen LogP contribution in [0.2, 0.25) is 0 Å². The number of carbonyl (C=O) groups excluding carboxylic acids is 4. The number of aliphatic hydroxyl groups is 1. The molecular weight excluding hydrogens is 480 g/mol. The number of nitrogens with one attached hydrogen (secondary N) is 2. The number of amides is 4. The first-order valence-electron chi connectivity index (χ1n) is 11.3. The zero-order valence-electron chi connectivity index (χ0n) is 19.4. The fourth-order valence-electron chi connectivity index (χ4n) is 3.56. The van der Waals surface area contributed by atoms with Crippen molar-refractivity contribution in [2.24, 2.45) is 11.5 Å². The van der Waals surface area contributed by atoms with Crippen LogP contribution in [0.15, 0.2) is 72.1 Å². The van der Waals surface area contributed by atoms with Crippen molar-refractivity contribution >= 4 is 35.0 Å². The molecule has 0 fully saturated rings. The number of thiophene rings is 1. The molecule has 0 radical (unpaired) electrons. The average molecular weight is 509 g/mol. The van der Waals surface area contributed by atoms with Gasteiger partial charge in [0.15, 0.2) is 0 Å². The lowest BCUT2D eigenvalue weighted by atomic mass is 10.00. The molecule has 1 unspecified atom stereocenters. The summed E-state index contributed by atoms with van der Waals surface area (Å²) in [6.07, 6.45) is -1.95. The Morgan fingerprint density at radius 3 is 2.03 bits per heavy atom. The molecule has 0 saturated carbocycles. The van der Waals surface area contributed by atoms with Gasteiger partial charge < -0.3 is 27.2 Å². The molecule has 2 aromatic carbocycles. The van der Waals surface area contributed by atoms with Gasteiger partial charge in [-0.2, -0.15) is 0 Å². The third-order valence-electron chi connectivity index (χ3n) is 5.51. The molecule has 36 heavy (non-hydrogen) atoms. The number of hydrogen-bond donors (Lipinski definition) is 5. The Kier molecular flexibility index (Phi) is 9.32. The maximum absolute atomic E-state index is 13.1. The normalized spacial score (nSPS) is 13.2. The lowest BCUT2D eigenvalue weighted by Crippen LogP contribution is -2.54. The van der Waals surface area contributed by atoms with Crippen LogP contribution < -0.4 is 22.1 Å². The third kappa shape index (κ3) is 7.76. The van der Waals surface area contributed by atoms with Crippen LogP contribution in [0.5, 0.6) is 0 Å². The molecule has 7 N–H and O–H groups in total. The Balaban J connectivity index is 1.69. The summed E-state index contributed by atoms with van der Waals surface area (Å²) >= 11 is 1.40. The van der Waals surface area contributed by atoms with Gasteiger partial charge in [-0.15, -0.1) is 11.3 Å². The van der Waals surface area contributed by atoms with E-state index in [2.05, 4.69) is 10.6 Å². The van der Waals surface area contributed by atoms with Gasteiger partial charge in [0.25, 0.3) is 0 Å². The number of aliphatic hydroxyl groups excluding tert-OH is 1. The van der Waals surface area contributed by atoms with Crippen LogP contribution in [0, 0.1) is 0 Å². The fourth-order valence-corrected chi connectivity index (χ4v) is 4.32. The van der Waals surface area contributed by atoms with E-state index >= 15 is 0 Å². The Bertz CT molecular complexity index is 1180. The zero-order valence-corrected chi connectivity index (χ0v) is 20.2. The summed E-state index contributed by atoms with van der Waals surface area (Å²) in [6.45, 7) is 0. The summed E-state index contributed by atoms with van der Waals surface area (Å²) in [5.41, 5.74) is 13.4. The molecule has 10 heteroatoms. The summed E-state index contributed by atoms with van der Waals surface area (Å²) in [4.78, 5) is 49.4. The molecule has 0 saturated heterocycles. The van der Waals surface area contributed by atoms with E-state index in [0.29, 0.717) is 0 Å². The summed E-state index contributed by atoms with van der Waals surface area (Å²) < 4.78 is 0. The van der Waals surface area contributed by atoms with Crippen molar-refractivity contribution in [3.63, 3.8) is 0 Å². The van der Waals surface area contributed by atoms with Crippen molar-refractivity contribution in [3.05, 3.63) is 82.6 Å².